The van der Waals surface area contributed by atoms with Crippen molar-refractivity contribution in [2.75, 3.05) is 7.05 Å². The molecule has 18 heavy (non-hydrogen) atoms. The summed E-state index contributed by atoms with van der Waals surface area (Å²) in [6.45, 7) is 1.13. The largest absolute Gasteiger partial charge is 0.480 e. The molecule has 0 spiro atoms. The number of carbonyl (C=O) groups is 3. The van der Waals surface area contributed by atoms with Gasteiger partial charge >= 0.3 is 5.97 Å². The second-order valence-corrected chi connectivity index (χ2v) is 3.50. The highest BCUT2D eigenvalue weighted by atomic mass is 16.4. The molecular formula is C9H13N5O4. The predicted molar refractivity (Wildman–Crippen MR) is 58.7 cm³/mol. The van der Waals surface area contributed by atoms with E-state index in [0.717, 1.165) is 4.68 Å². The molecule has 0 fully saturated rings. The zero-order chi connectivity index (χ0) is 13.7. The second kappa shape index (κ2) is 5.75. The van der Waals surface area contributed by atoms with Crippen LogP contribution >= 0.6 is 0 Å². The molecule has 1 aromatic rings. The van der Waals surface area contributed by atoms with Gasteiger partial charge in [-0.3, -0.25) is 14.4 Å². The maximum Gasteiger partial charge on any atom is 0.325 e. The van der Waals surface area contributed by atoms with Crippen molar-refractivity contribution in [3.8, 4) is 0 Å². The van der Waals surface area contributed by atoms with E-state index in [1.165, 1.54) is 20.2 Å². The number of rotatable bonds is 5. The Morgan fingerprint density at radius 1 is 1.50 bits per heavy atom. The summed E-state index contributed by atoms with van der Waals surface area (Å²) in [6.07, 6.45) is 1.19. The smallest absolute Gasteiger partial charge is 0.325 e. The zero-order valence-corrected chi connectivity index (χ0v) is 9.88. The number of carbonyl (C=O) groups excluding carboxylic acids is 2. The molecule has 0 aliphatic rings. The van der Waals surface area contributed by atoms with Gasteiger partial charge in [0.1, 0.15) is 12.6 Å². The van der Waals surface area contributed by atoms with E-state index >= 15 is 0 Å². The summed E-state index contributed by atoms with van der Waals surface area (Å²) in [5.41, 5.74) is -0.0491. The first-order chi connectivity index (χ1) is 8.43. The number of carboxylic acid groups (broad SMARTS) is 1. The van der Waals surface area contributed by atoms with Crippen LogP contribution in [0.4, 0.5) is 0 Å². The average Bonchev–Trinajstić information content (AvgIpc) is 2.75. The van der Waals surface area contributed by atoms with Gasteiger partial charge in [0, 0.05) is 7.05 Å². The molecular weight excluding hydrogens is 242 g/mol. The third-order valence-corrected chi connectivity index (χ3v) is 2.06. The summed E-state index contributed by atoms with van der Waals surface area (Å²) in [4.78, 5) is 33.2. The van der Waals surface area contributed by atoms with Gasteiger partial charge < -0.3 is 15.7 Å². The lowest BCUT2D eigenvalue weighted by atomic mass is 10.3. The Morgan fingerprint density at radius 3 is 2.72 bits per heavy atom. The van der Waals surface area contributed by atoms with E-state index in [2.05, 4.69) is 20.9 Å². The van der Waals surface area contributed by atoms with Crippen LogP contribution in [-0.2, 0) is 16.1 Å². The van der Waals surface area contributed by atoms with Crippen LogP contribution in [0, 0.1) is 0 Å². The maximum absolute atomic E-state index is 11.6. The average molecular weight is 255 g/mol. The Balaban J connectivity index is 2.64. The number of carboxylic acids is 1. The molecule has 0 bridgehead atoms. The van der Waals surface area contributed by atoms with Crippen LogP contribution in [0.15, 0.2) is 6.20 Å². The molecule has 3 N–H and O–H groups in total. The van der Waals surface area contributed by atoms with E-state index in [9.17, 15) is 14.4 Å². The second-order valence-electron chi connectivity index (χ2n) is 3.50. The number of nitrogens with one attached hydrogen (secondary N) is 2. The quantitative estimate of drug-likeness (QED) is 0.571. The molecule has 0 aromatic carbocycles. The Kier molecular flexibility index (Phi) is 4.35. The van der Waals surface area contributed by atoms with Crippen LogP contribution in [0.25, 0.3) is 0 Å². The maximum atomic E-state index is 11.6. The summed E-state index contributed by atoms with van der Waals surface area (Å²) in [7, 11) is 1.45. The predicted octanol–water partition coefficient (Wildman–Crippen LogP) is -1.77. The summed E-state index contributed by atoms with van der Waals surface area (Å²) in [6, 6.07) is -0.716. The minimum atomic E-state index is -1.09. The SMILES string of the molecule is CNC(=O)C(C)NC(=O)c1cn(CC(=O)O)nn1. The fourth-order valence-electron chi connectivity index (χ4n) is 1.17. The van der Waals surface area contributed by atoms with Gasteiger partial charge in [-0.1, -0.05) is 5.21 Å². The lowest BCUT2D eigenvalue weighted by Crippen LogP contribution is -2.43. The normalized spacial score (nSPS) is 11.7. The Labute approximate surface area is 102 Å². The third kappa shape index (κ3) is 3.54. The topological polar surface area (TPSA) is 126 Å². The molecule has 0 saturated carbocycles. The minimum absolute atomic E-state index is 0.0491. The fourth-order valence-corrected chi connectivity index (χ4v) is 1.17. The van der Waals surface area contributed by atoms with E-state index in [1.54, 1.807) is 0 Å². The molecule has 98 valence electrons. The standard InChI is InChI=1S/C9H13N5O4/c1-5(8(17)10-2)11-9(18)6-3-14(13-12-6)4-7(15)16/h3,5H,4H2,1-2H3,(H,10,17)(H,11,18)(H,15,16). The minimum Gasteiger partial charge on any atom is -0.480 e. The lowest BCUT2D eigenvalue weighted by molar-refractivity contribution is -0.137. The lowest BCUT2D eigenvalue weighted by Gasteiger charge is -2.10. The zero-order valence-electron chi connectivity index (χ0n) is 9.88. The van der Waals surface area contributed by atoms with E-state index in [0.29, 0.717) is 0 Å². The number of amides is 2. The van der Waals surface area contributed by atoms with Gasteiger partial charge in [0.15, 0.2) is 5.69 Å². The van der Waals surface area contributed by atoms with Crippen molar-refractivity contribution < 1.29 is 19.5 Å². The molecule has 0 aliphatic heterocycles. The van der Waals surface area contributed by atoms with Gasteiger partial charge in [0.2, 0.25) is 5.91 Å². The summed E-state index contributed by atoms with van der Waals surface area (Å²) in [5.74, 6) is -2.03. The number of aromatic nitrogens is 3. The van der Waals surface area contributed by atoms with Crippen molar-refractivity contribution in [3.05, 3.63) is 11.9 Å². The molecule has 0 radical (unpaired) electrons. The van der Waals surface area contributed by atoms with E-state index in [4.69, 9.17) is 5.11 Å². The number of hydrogen-bond donors (Lipinski definition) is 3. The monoisotopic (exact) mass is 255 g/mol. The molecule has 1 rings (SSSR count). The first-order valence-electron chi connectivity index (χ1n) is 5.08. The number of nitrogens with zero attached hydrogens (tertiary/aromatic N) is 3. The molecule has 2 amide bonds. The Morgan fingerprint density at radius 2 is 2.17 bits per heavy atom. The highest BCUT2D eigenvalue weighted by molar-refractivity contribution is 5.95. The third-order valence-electron chi connectivity index (χ3n) is 2.06. The van der Waals surface area contributed by atoms with Crippen molar-refractivity contribution in [2.45, 2.75) is 19.5 Å². The molecule has 1 heterocycles. The van der Waals surface area contributed by atoms with Gasteiger partial charge in [0.05, 0.1) is 6.20 Å². The van der Waals surface area contributed by atoms with E-state index in [1.807, 2.05) is 0 Å². The van der Waals surface area contributed by atoms with Crippen LogP contribution in [-0.4, -0.2) is 51.0 Å². The van der Waals surface area contributed by atoms with Crippen LogP contribution in [0.3, 0.4) is 0 Å². The van der Waals surface area contributed by atoms with Crippen molar-refractivity contribution in [2.24, 2.45) is 0 Å². The number of aliphatic carboxylic acids is 1. The Bertz CT molecular complexity index is 469. The first kappa shape index (κ1) is 13.6. The van der Waals surface area contributed by atoms with Crippen molar-refractivity contribution >= 4 is 17.8 Å². The Hall–Kier alpha value is -2.45. The first-order valence-corrected chi connectivity index (χ1v) is 5.08. The van der Waals surface area contributed by atoms with Gasteiger partial charge in [-0.15, -0.1) is 5.10 Å². The number of likely N-dealkylation sites (N-methyl/N-ethyl adjacent to an activating group) is 1. The summed E-state index contributed by atoms with van der Waals surface area (Å²) >= 11 is 0. The molecule has 1 unspecified atom stereocenters. The van der Waals surface area contributed by atoms with Gasteiger partial charge in [-0.2, -0.15) is 0 Å². The molecule has 0 saturated heterocycles. The highest BCUT2D eigenvalue weighted by Gasteiger charge is 2.17. The number of hydrogen-bond acceptors (Lipinski definition) is 5. The molecule has 1 aromatic heterocycles. The summed E-state index contributed by atoms with van der Waals surface area (Å²) in [5, 5.41) is 20.3. The van der Waals surface area contributed by atoms with Gasteiger partial charge in [-0.05, 0) is 6.92 Å². The fraction of sp³-hybridized carbons (Fsp3) is 0.444. The van der Waals surface area contributed by atoms with E-state index < -0.39 is 17.9 Å². The van der Waals surface area contributed by atoms with Crippen molar-refractivity contribution in [1.82, 2.24) is 25.6 Å². The van der Waals surface area contributed by atoms with E-state index in [-0.39, 0.29) is 18.1 Å². The van der Waals surface area contributed by atoms with Crippen LogP contribution in [0.5, 0.6) is 0 Å². The van der Waals surface area contributed by atoms with Crippen molar-refractivity contribution in [1.29, 1.82) is 0 Å². The van der Waals surface area contributed by atoms with Gasteiger partial charge in [-0.25, -0.2) is 4.68 Å². The highest BCUT2D eigenvalue weighted by Crippen LogP contribution is 1.94. The molecule has 1 atom stereocenters. The summed E-state index contributed by atoms with van der Waals surface area (Å²) < 4.78 is 1.02. The molecule has 9 nitrogen and oxygen atoms in total. The molecule has 9 heteroatoms. The van der Waals surface area contributed by atoms with Crippen LogP contribution in [0.2, 0.25) is 0 Å². The van der Waals surface area contributed by atoms with Crippen molar-refractivity contribution in [3.63, 3.8) is 0 Å². The van der Waals surface area contributed by atoms with Crippen LogP contribution in [0.1, 0.15) is 17.4 Å². The van der Waals surface area contributed by atoms with Crippen LogP contribution < -0.4 is 10.6 Å². The van der Waals surface area contributed by atoms with Gasteiger partial charge in [0.25, 0.3) is 5.91 Å². The molecule has 0 aliphatic carbocycles.